The average Bonchev–Trinajstić information content (AvgIpc) is 2.34. The fourth-order valence-electron chi connectivity index (χ4n) is 0.430. The lowest BCUT2D eigenvalue weighted by Crippen LogP contribution is -2.12. The van der Waals surface area contributed by atoms with Crippen LogP contribution in [0.5, 0.6) is 0 Å². The Morgan fingerprint density at radius 3 is 3.22 bits per heavy atom. The number of nitrogens with zero attached hydrogens (tertiary/aromatic N) is 2. The number of hydrogen-bond donors (Lipinski definition) is 2. The van der Waals surface area contributed by atoms with E-state index in [4.69, 9.17) is 5.73 Å². The van der Waals surface area contributed by atoms with Crippen molar-refractivity contribution < 1.29 is 0 Å². The van der Waals surface area contributed by atoms with Crippen LogP contribution in [0.15, 0.2) is 6.33 Å². The van der Waals surface area contributed by atoms with Crippen molar-refractivity contribution in [2.45, 2.75) is 0 Å². The number of rotatable bonds is 3. The van der Waals surface area contributed by atoms with Gasteiger partial charge in [0.25, 0.3) is 0 Å². The monoisotopic (exact) mass is 144 g/mol. The highest BCUT2D eigenvalue weighted by atomic mass is 32.1. The molecule has 1 aromatic heterocycles. The molecule has 50 valence electrons. The highest BCUT2D eigenvalue weighted by Crippen LogP contribution is 2.04. The second kappa shape index (κ2) is 3.37. The lowest BCUT2D eigenvalue weighted by Gasteiger charge is -1.94. The molecule has 5 heteroatoms. The van der Waals surface area contributed by atoms with Gasteiger partial charge in [-0.15, -0.1) is 0 Å². The van der Waals surface area contributed by atoms with Crippen LogP contribution in [0, 0.1) is 0 Å². The summed E-state index contributed by atoms with van der Waals surface area (Å²) in [6, 6.07) is 0. The van der Waals surface area contributed by atoms with Gasteiger partial charge >= 0.3 is 0 Å². The van der Waals surface area contributed by atoms with E-state index in [-0.39, 0.29) is 0 Å². The van der Waals surface area contributed by atoms with E-state index in [2.05, 4.69) is 14.7 Å². The van der Waals surface area contributed by atoms with E-state index in [1.165, 1.54) is 17.9 Å². The van der Waals surface area contributed by atoms with E-state index in [1.54, 1.807) is 0 Å². The van der Waals surface area contributed by atoms with Crippen LogP contribution in [0.25, 0.3) is 0 Å². The van der Waals surface area contributed by atoms with Crippen LogP contribution in [-0.2, 0) is 0 Å². The van der Waals surface area contributed by atoms with Gasteiger partial charge in [0.15, 0.2) is 0 Å². The molecule has 0 atom stereocenters. The topological polar surface area (TPSA) is 63.8 Å². The van der Waals surface area contributed by atoms with E-state index in [1.807, 2.05) is 0 Å². The molecule has 0 spiro atoms. The maximum atomic E-state index is 5.24. The summed E-state index contributed by atoms with van der Waals surface area (Å²) >= 11 is 1.34. The SMILES string of the molecule is NCCNc1ncns1. The summed E-state index contributed by atoms with van der Waals surface area (Å²) in [7, 11) is 0. The van der Waals surface area contributed by atoms with Gasteiger partial charge in [-0.1, -0.05) is 0 Å². The van der Waals surface area contributed by atoms with Gasteiger partial charge in [-0.25, -0.2) is 4.98 Å². The molecule has 3 N–H and O–H groups in total. The minimum Gasteiger partial charge on any atom is -0.359 e. The molecular formula is C4H8N4S. The summed E-state index contributed by atoms with van der Waals surface area (Å²) in [6.07, 6.45) is 1.52. The molecule has 0 aliphatic rings. The Kier molecular flexibility index (Phi) is 2.41. The van der Waals surface area contributed by atoms with Crippen LogP contribution in [0.4, 0.5) is 5.13 Å². The van der Waals surface area contributed by atoms with Crippen molar-refractivity contribution in [3.8, 4) is 0 Å². The van der Waals surface area contributed by atoms with Crippen molar-refractivity contribution in [1.29, 1.82) is 0 Å². The molecule has 0 aliphatic heterocycles. The van der Waals surface area contributed by atoms with Crippen LogP contribution < -0.4 is 11.1 Å². The number of hydrogen-bond acceptors (Lipinski definition) is 5. The first-order valence-electron chi connectivity index (χ1n) is 2.64. The van der Waals surface area contributed by atoms with Crippen molar-refractivity contribution in [3.63, 3.8) is 0 Å². The third-order valence-electron chi connectivity index (χ3n) is 0.782. The van der Waals surface area contributed by atoms with E-state index in [0.717, 1.165) is 11.7 Å². The quantitative estimate of drug-likeness (QED) is 0.622. The molecule has 1 rings (SSSR count). The van der Waals surface area contributed by atoms with Gasteiger partial charge in [0.2, 0.25) is 5.13 Å². The lowest BCUT2D eigenvalue weighted by molar-refractivity contribution is 1.02. The zero-order valence-electron chi connectivity index (χ0n) is 4.87. The van der Waals surface area contributed by atoms with E-state index in [0.29, 0.717) is 6.54 Å². The van der Waals surface area contributed by atoms with Crippen molar-refractivity contribution >= 4 is 16.7 Å². The molecule has 0 fully saturated rings. The number of nitrogens with one attached hydrogen (secondary N) is 1. The molecular weight excluding hydrogens is 136 g/mol. The molecule has 0 aliphatic carbocycles. The van der Waals surface area contributed by atoms with Crippen molar-refractivity contribution in [2.75, 3.05) is 18.4 Å². The summed E-state index contributed by atoms with van der Waals surface area (Å²) in [4.78, 5) is 3.89. The maximum Gasteiger partial charge on any atom is 0.202 e. The fraction of sp³-hybridized carbons (Fsp3) is 0.500. The van der Waals surface area contributed by atoms with Gasteiger partial charge in [-0.2, -0.15) is 4.37 Å². The molecule has 1 aromatic rings. The minimum atomic E-state index is 0.625. The minimum absolute atomic E-state index is 0.625. The van der Waals surface area contributed by atoms with Gasteiger partial charge < -0.3 is 11.1 Å². The molecule has 0 amide bonds. The first kappa shape index (κ1) is 6.44. The first-order chi connectivity index (χ1) is 4.43. The molecule has 0 saturated carbocycles. The summed E-state index contributed by atoms with van der Waals surface area (Å²) in [5, 5.41) is 3.83. The van der Waals surface area contributed by atoms with Gasteiger partial charge in [-0.3, -0.25) is 0 Å². The van der Waals surface area contributed by atoms with Gasteiger partial charge in [0.1, 0.15) is 6.33 Å². The van der Waals surface area contributed by atoms with E-state index >= 15 is 0 Å². The first-order valence-corrected chi connectivity index (χ1v) is 3.41. The Balaban J connectivity index is 2.30. The normalized spacial score (nSPS) is 9.44. The zero-order chi connectivity index (χ0) is 6.53. The van der Waals surface area contributed by atoms with Crippen molar-refractivity contribution in [1.82, 2.24) is 9.36 Å². The second-order valence-electron chi connectivity index (χ2n) is 1.46. The van der Waals surface area contributed by atoms with E-state index < -0.39 is 0 Å². The Bertz CT molecular complexity index is 150. The predicted octanol–water partition coefficient (Wildman–Crippen LogP) is -0.0913. The smallest absolute Gasteiger partial charge is 0.202 e. The predicted molar refractivity (Wildman–Crippen MR) is 37.5 cm³/mol. The Hall–Kier alpha value is -0.680. The maximum absolute atomic E-state index is 5.24. The molecule has 1 heterocycles. The Morgan fingerprint density at radius 1 is 1.78 bits per heavy atom. The van der Waals surface area contributed by atoms with Crippen molar-refractivity contribution in [3.05, 3.63) is 6.33 Å². The summed E-state index contributed by atoms with van der Waals surface area (Å²) in [5.74, 6) is 0. The van der Waals surface area contributed by atoms with Crippen LogP contribution in [0.2, 0.25) is 0 Å². The molecule has 0 bridgehead atoms. The number of aromatic nitrogens is 2. The summed E-state index contributed by atoms with van der Waals surface area (Å²) in [6.45, 7) is 1.38. The third-order valence-corrected chi connectivity index (χ3v) is 1.40. The van der Waals surface area contributed by atoms with Crippen LogP contribution in [0.3, 0.4) is 0 Å². The Morgan fingerprint density at radius 2 is 2.67 bits per heavy atom. The summed E-state index contributed by atoms with van der Waals surface area (Å²) < 4.78 is 3.80. The van der Waals surface area contributed by atoms with Gasteiger partial charge in [0, 0.05) is 24.6 Å². The number of anilines is 1. The number of nitrogens with two attached hydrogens (primary N) is 1. The molecule has 0 aromatic carbocycles. The molecule has 9 heavy (non-hydrogen) atoms. The Labute approximate surface area is 57.3 Å². The second-order valence-corrected chi connectivity index (χ2v) is 2.24. The lowest BCUT2D eigenvalue weighted by atomic mass is 10.7. The fourth-order valence-corrected chi connectivity index (χ4v) is 0.885. The highest BCUT2D eigenvalue weighted by molar-refractivity contribution is 7.09. The standard InChI is InChI=1S/C4H8N4S/c5-1-2-6-4-7-3-8-9-4/h3H,1-2,5H2,(H,6,7,8). The van der Waals surface area contributed by atoms with Crippen LogP contribution in [0.1, 0.15) is 0 Å². The molecule has 0 unspecified atom stereocenters. The van der Waals surface area contributed by atoms with Crippen LogP contribution >= 0.6 is 11.5 Å². The largest absolute Gasteiger partial charge is 0.359 e. The third kappa shape index (κ3) is 1.95. The highest BCUT2D eigenvalue weighted by Gasteiger charge is 1.90. The van der Waals surface area contributed by atoms with Crippen molar-refractivity contribution in [2.24, 2.45) is 5.73 Å². The van der Waals surface area contributed by atoms with Gasteiger partial charge in [0.05, 0.1) is 0 Å². The molecule has 4 nitrogen and oxygen atoms in total. The summed E-state index contributed by atoms with van der Waals surface area (Å²) in [5.41, 5.74) is 5.24. The molecule has 0 saturated heterocycles. The van der Waals surface area contributed by atoms with Crippen LogP contribution in [-0.4, -0.2) is 22.4 Å². The zero-order valence-corrected chi connectivity index (χ0v) is 5.69. The van der Waals surface area contributed by atoms with Gasteiger partial charge in [-0.05, 0) is 0 Å². The van der Waals surface area contributed by atoms with E-state index in [9.17, 15) is 0 Å². The molecule has 0 radical (unpaired) electrons. The average molecular weight is 144 g/mol.